The maximum absolute atomic E-state index is 13.3. The summed E-state index contributed by atoms with van der Waals surface area (Å²) in [7, 11) is -2.32. The number of rotatable bonds is 12. The van der Waals surface area contributed by atoms with Crippen LogP contribution in [0.5, 0.6) is 5.75 Å². The van der Waals surface area contributed by atoms with E-state index in [1.54, 1.807) is 41.3 Å². The fourth-order valence-corrected chi connectivity index (χ4v) is 5.57. The number of carbonyl (C=O) groups is 2. The van der Waals surface area contributed by atoms with E-state index in [0.29, 0.717) is 24.3 Å². The minimum atomic E-state index is -3.62. The maximum atomic E-state index is 13.3. The van der Waals surface area contributed by atoms with Crippen molar-refractivity contribution in [3.05, 3.63) is 83.9 Å². The number of methoxy groups -OCH3 is 1. The zero-order valence-electron chi connectivity index (χ0n) is 23.1. The molecule has 1 aliphatic rings. The zero-order chi connectivity index (χ0) is 29.4. The van der Waals surface area contributed by atoms with E-state index in [2.05, 4.69) is 10.8 Å². The van der Waals surface area contributed by atoms with Crippen molar-refractivity contribution in [1.29, 1.82) is 5.26 Å². The Morgan fingerprint density at radius 2 is 1.78 bits per heavy atom. The number of nitriles is 1. The number of hydrogen-bond donors (Lipinski definition) is 1. The summed E-state index contributed by atoms with van der Waals surface area (Å²) in [6, 6.07) is 23.9. The van der Waals surface area contributed by atoms with Crippen LogP contribution in [0.25, 0.3) is 11.1 Å². The number of esters is 1. The summed E-state index contributed by atoms with van der Waals surface area (Å²) >= 11 is 0. The van der Waals surface area contributed by atoms with Crippen LogP contribution in [0.3, 0.4) is 0 Å². The van der Waals surface area contributed by atoms with E-state index < -0.39 is 21.9 Å². The van der Waals surface area contributed by atoms with Gasteiger partial charge in [0.15, 0.2) is 0 Å². The fraction of sp³-hybridized carbons (Fsp3) is 0.323. The standard InChI is InChI=1S/C31H33N3O6S/c1-39-30(35)19-26-17-27(34(31(26)36)16-6-9-22-7-4-3-5-8-22)21-40-29-15-14-25(18-28(29)33-41(2,37)38)24-12-10-23(20-32)11-13-24/h3-5,7-8,10-15,18,26-27,33H,6,9,16-17,19,21H2,1-2H3/t26-,27-/m0/s1. The van der Waals surface area contributed by atoms with E-state index in [9.17, 15) is 18.0 Å². The number of amides is 1. The highest BCUT2D eigenvalue weighted by Gasteiger charge is 2.40. The molecule has 0 saturated carbocycles. The van der Waals surface area contributed by atoms with E-state index in [0.717, 1.165) is 30.2 Å². The number of anilines is 1. The van der Waals surface area contributed by atoms with Crippen LogP contribution in [-0.2, 0) is 30.8 Å². The van der Waals surface area contributed by atoms with Crippen molar-refractivity contribution in [3.8, 4) is 22.9 Å². The molecule has 3 aromatic carbocycles. The Morgan fingerprint density at radius 3 is 2.44 bits per heavy atom. The third kappa shape index (κ3) is 8.08. The van der Waals surface area contributed by atoms with Gasteiger partial charge in [0.05, 0.1) is 49.1 Å². The predicted octanol–water partition coefficient (Wildman–Crippen LogP) is 4.39. The van der Waals surface area contributed by atoms with Gasteiger partial charge in [-0.1, -0.05) is 48.5 Å². The van der Waals surface area contributed by atoms with Crippen molar-refractivity contribution in [2.75, 3.05) is 31.2 Å². The molecule has 1 N–H and O–H groups in total. The number of sulfonamides is 1. The number of carbonyl (C=O) groups excluding carboxylic acids is 2. The minimum Gasteiger partial charge on any atom is -0.489 e. The molecule has 1 saturated heterocycles. The van der Waals surface area contributed by atoms with Gasteiger partial charge in [0.1, 0.15) is 12.4 Å². The molecule has 41 heavy (non-hydrogen) atoms. The Balaban J connectivity index is 1.52. The van der Waals surface area contributed by atoms with Crippen LogP contribution < -0.4 is 9.46 Å². The molecular weight excluding hydrogens is 542 g/mol. The van der Waals surface area contributed by atoms with Crippen LogP contribution in [0.4, 0.5) is 5.69 Å². The number of nitrogens with zero attached hydrogens (tertiary/aromatic N) is 2. The van der Waals surface area contributed by atoms with Crippen molar-refractivity contribution in [2.45, 2.75) is 31.7 Å². The molecule has 214 valence electrons. The number of nitrogens with one attached hydrogen (secondary N) is 1. The lowest BCUT2D eigenvalue weighted by molar-refractivity contribution is -0.144. The highest BCUT2D eigenvalue weighted by atomic mass is 32.2. The topological polar surface area (TPSA) is 126 Å². The molecule has 0 radical (unpaired) electrons. The lowest BCUT2D eigenvalue weighted by Crippen LogP contribution is -2.38. The summed E-state index contributed by atoms with van der Waals surface area (Å²) in [6.07, 6.45) is 3.04. The van der Waals surface area contributed by atoms with Gasteiger partial charge in [-0.25, -0.2) is 8.42 Å². The molecule has 10 heteroatoms. The van der Waals surface area contributed by atoms with Crippen LogP contribution in [0.2, 0.25) is 0 Å². The van der Waals surface area contributed by atoms with E-state index in [1.807, 2.05) is 36.4 Å². The van der Waals surface area contributed by atoms with Crippen molar-refractivity contribution in [1.82, 2.24) is 4.90 Å². The molecular formula is C31H33N3O6S. The van der Waals surface area contributed by atoms with Crippen molar-refractivity contribution < 1.29 is 27.5 Å². The average Bonchev–Trinajstić information content (AvgIpc) is 3.25. The Morgan fingerprint density at radius 1 is 1.07 bits per heavy atom. The van der Waals surface area contributed by atoms with Crippen molar-refractivity contribution in [2.24, 2.45) is 5.92 Å². The van der Waals surface area contributed by atoms with E-state index in [4.69, 9.17) is 14.7 Å². The first-order valence-electron chi connectivity index (χ1n) is 13.3. The summed E-state index contributed by atoms with van der Waals surface area (Å²) in [5.74, 6) is -0.726. The van der Waals surface area contributed by atoms with Crippen LogP contribution in [0, 0.1) is 17.2 Å². The van der Waals surface area contributed by atoms with Crippen molar-refractivity contribution in [3.63, 3.8) is 0 Å². The SMILES string of the molecule is COC(=O)C[C@@H]1C[C@@H](COc2ccc(-c3ccc(C#N)cc3)cc2NS(C)(=O)=O)N(CCCc2ccccc2)C1=O. The molecule has 4 rings (SSSR count). The van der Waals surface area contributed by atoms with Gasteiger partial charge in [-0.3, -0.25) is 14.3 Å². The second-order valence-corrected chi connectivity index (χ2v) is 11.8. The first-order valence-corrected chi connectivity index (χ1v) is 15.2. The summed E-state index contributed by atoms with van der Waals surface area (Å²) in [6.45, 7) is 0.634. The summed E-state index contributed by atoms with van der Waals surface area (Å²) in [5.41, 5.74) is 3.51. The quantitative estimate of drug-likeness (QED) is 0.318. The van der Waals surface area contributed by atoms with E-state index >= 15 is 0 Å². The lowest BCUT2D eigenvalue weighted by atomic mass is 10.0. The van der Waals surface area contributed by atoms with Gasteiger partial charge in [-0.05, 0) is 60.2 Å². The lowest BCUT2D eigenvalue weighted by Gasteiger charge is -2.25. The van der Waals surface area contributed by atoms with Gasteiger partial charge in [0, 0.05) is 6.54 Å². The third-order valence-corrected chi connectivity index (χ3v) is 7.62. The van der Waals surface area contributed by atoms with Gasteiger partial charge in [0.25, 0.3) is 0 Å². The third-order valence-electron chi connectivity index (χ3n) is 7.03. The van der Waals surface area contributed by atoms with Gasteiger partial charge < -0.3 is 14.4 Å². The zero-order valence-corrected chi connectivity index (χ0v) is 23.9. The molecule has 1 heterocycles. The smallest absolute Gasteiger partial charge is 0.306 e. The molecule has 2 atom stereocenters. The Bertz CT molecular complexity index is 1520. The molecule has 1 amide bonds. The van der Waals surface area contributed by atoms with Gasteiger partial charge in [0.2, 0.25) is 15.9 Å². The Labute approximate surface area is 240 Å². The number of benzene rings is 3. The predicted molar refractivity (Wildman–Crippen MR) is 156 cm³/mol. The van der Waals surface area contributed by atoms with Crippen molar-refractivity contribution >= 4 is 27.6 Å². The summed E-state index contributed by atoms with van der Waals surface area (Å²) in [5, 5.41) is 9.07. The van der Waals surface area contributed by atoms with Crippen LogP contribution in [0.15, 0.2) is 72.8 Å². The number of likely N-dealkylation sites (tertiary alicyclic amines) is 1. The maximum Gasteiger partial charge on any atom is 0.306 e. The monoisotopic (exact) mass is 575 g/mol. The second kappa shape index (κ2) is 13.3. The van der Waals surface area contributed by atoms with Crippen LogP contribution in [0.1, 0.15) is 30.4 Å². The van der Waals surface area contributed by atoms with Crippen LogP contribution >= 0.6 is 0 Å². The molecule has 1 fully saturated rings. The first-order chi connectivity index (χ1) is 19.7. The molecule has 0 aromatic heterocycles. The fourth-order valence-electron chi connectivity index (χ4n) is 5.01. The van der Waals surface area contributed by atoms with E-state index in [-0.39, 0.29) is 30.7 Å². The average molecular weight is 576 g/mol. The molecule has 0 spiro atoms. The number of aryl methyl sites for hydroxylation is 1. The normalized spacial score (nSPS) is 16.7. The van der Waals surface area contributed by atoms with Gasteiger partial charge in [-0.2, -0.15) is 5.26 Å². The molecule has 3 aromatic rings. The van der Waals surface area contributed by atoms with Gasteiger partial charge in [-0.15, -0.1) is 0 Å². The number of hydrogen-bond acceptors (Lipinski definition) is 7. The highest BCUT2D eigenvalue weighted by molar-refractivity contribution is 7.92. The second-order valence-electron chi connectivity index (χ2n) is 10.1. The summed E-state index contributed by atoms with van der Waals surface area (Å²) < 4.78 is 37.8. The molecule has 1 aliphatic heterocycles. The highest BCUT2D eigenvalue weighted by Crippen LogP contribution is 2.34. The molecule has 0 aliphatic carbocycles. The van der Waals surface area contributed by atoms with E-state index in [1.165, 1.54) is 12.7 Å². The Kier molecular flexibility index (Phi) is 9.63. The largest absolute Gasteiger partial charge is 0.489 e. The number of ether oxygens (including phenoxy) is 2. The molecule has 0 bridgehead atoms. The van der Waals surface area contributed by atoms with Crippen LogP contribution in [-0.4, -0.2) is 57.8 Å². The van der Waals surface area contributed by atoms with Gasteiger partial charge >= 0.3 is 5.97 Å². The summed E-state index contributed by atoms with van der Waals surface area (Å²) in [4.78, 5) is 27.0. The Hall–Kier alpha value is -4.36. The molecule has 0 unspecified atom stereocenters. The molecule has 9 nitrogen and oxygen atoms in total. The first kappa shape index (κ1) is 29.6. The minimum absolute atomic E-state index is 0.00118.